The molecule has 1 heterocycles. The van der Waals surface area contributed by atoms with Crippen molar-refractivity contribution in [1.29, 1.82) is 0 Å². The van der Waals surface area contributed by atoms with Crippen molar-refractivity contribution in [1.82, 2.24) is 4.90 Å². The van der Waals surface area contributed by atoms with Crippen LogP contribution in [-0.4, -0.2) is 17.4 Å². The summed E-state index contributed by atoms with van der Waals surface area (Å²) in [4.78, 5) is 14.0. The third-order valence-electron chi connectivity index (χ3n) is 3.52. The Bertz CT molecular complexity index is 403. The van der Waals surface area contributed by atoms with Gasteiger partial charge in [0.1, 0.15) is 0 Å². The molecule has 1 aliphatic heterocycles. The number of benzene rings is 1. The van der Waals surface area contributed by atoms with E-state index in [0.29, 0.717) is 6.42 Å². The summed E-state index contributed by atoms with van der Waals surface area (Å²) in [6.07, 6.45) is 3.95. The maximum absolute atomic E-state index is 12.0. The van der Waals surface area contributed by atoms with E-state index in [1.165, 1.54) is 0 Å². The second-order valence-corrected chi connectivity index (χ2v) is 4.70. The Kier molecular flexibility index (Phi) is 3.67. The first-order valence-corrected chi connectivity index (χ1v) is 6.34. The lowest BCUT2D eigenvalue weighted by Crippen LogP contribution is -2.33. The molecule has 3 nitrogen and oxygen atoms in total. The fourth-order valence-corrected chi connectivity index (χ4v) is 2.47. The number of carbonyl (C=O) groups is 1. The largest absolute Gasteiger partial charge is 0.398 e. The highest BCUT2D eigenvalue weighted by atomic mass is 16.2. The van der Waals surface area contributed by atoms with E-state index in [2.05, 4.69) is 6.92 Å². The molecule has 0 aromatic heterocycles. The fourth-order valence-electron chi connectivity index (χ4n) is 2.47. The number of nitrogen functional groups attached to an aromatic ring is 1. The van der Waals surface area contributed by atoms with Crippen molar-refractivity contribution in [2.75, 3.05) is 12.3 Å². The Morgan fingerprint density at radius 1 is 1.24 bits per heavy atom. The van der Waals surface area contributed by atoms with Crippen molar-refractivity contribution in [2.45, 2.75) is 38.6 Å². The number of hydrogen-bond donors (Lipinski definition) is 1. The Balaban J connectivity index is 2.21. The molecule has 0 aliphatic carbocycles. The van der Waals surface area contributed by atoms with Crippen LogP contribution < -0.4 is 5.73 Å². The molecular formula is C14H20N2O. The van der Waals surface area contributed by atoms with Crippen molar-refractivity contribution in [2.24, 2.45) is 0 Å². The van der Waals surface area contributed by atoms with Crippen molar-refractivity contribution >= 4 is 11.6 Å². The zero-order valence-electron chi connectivity index (χ0n) is 10.4. The molecule has 0 saturated carbocycles. The Labute approximate surface area is 103 Å². The van der Waals surface area contributed by atoms with Crippen LogP contribution in [0.4, 0.5) is 5.69 Å². The summed E-state index contributed by atoms with van der Waals surface area (Å²) in [6, 6.07) is 7.90. The van der Waals surface area contributed by atoms with Gasteiger partial charge in [0.15, 0.2) is 0 Å². The van der Waals surface area contributed by atoms with Crippen LogP contribution in [0, 0.1) is 0 Å². The van der Waals surface area contributed by atoms with Gasteiger partial charge in [-0.05, 0) is 31.4 Å². The highest BCUT2D eigenvalue weighted by Gasteiger charge is 2.23. The van der Waals surface area contributed by atoms with Crippen LogP contribution in [0.3, 0.4) is 0 Å². The molecule has 2 N–H and O–H groups in total. The molecule has 1 atom stereocenters. The van der Waals surface area contributed by atoms with Gasteiger partial charge in [-0.2, -0.15) is 0 Å². The molecule has 3 heteroatoms. The molecular weight excluding hydrogens is 212 g/mol. The maximum Gasteiger partial charge on any atom is 0.223 e. The number of para-hydroxylation sites is 1. The lowest BCUT2D eigenvalue weighted by Gasteiger charge is -2.29. The van der Waals surface area contributed by atoms with Crippen LogP contribution in [0.5, 0.6) is 0 Å². The van der Waals surface area contributed by atoms with Gasteiger partial charge in [-0.25, -0.2) is 0 Å². The Hall–Kier alpha value is -1.51. The average Bonchev–Trinajstić information content (AvgIpc) is 2.54. The van der Waals surface area contributed by atoms with Crippen molar-refractivity contribution in [3.63, 3.8) is 0 Å². The summed E-state index contributed by atoms with van der Waals surface area (Å²) < 4.78 is 0. The smallest absolute Gasteiger partial charge is 0.223 e. The average molecular weight is 232 g/mol. The topological polar surface area (TPSA) is 46.3 Å². The first kappa shape index (κ1) is 12.0. The molecule has 17 heavy (non-hydrogen) atoms. The van der Waals surface area contributed by atoms with Crippen LogP contribution in [0.1, 0.15) is 44.2 Å². The van der Waals surface area contributed by atoms with Crippen molar-refractivity contribution < 1.29 is 4.79 Å². The lowest BCUT2D eigenvalue weighted by atomic mass is 10.0. The molecule has 2 rings (SSSR count). The third-order valence-corrected chi connectivity index (χ3v) is 3.52. The number of anilines is 1. The Morgan fingerprint density at radius 2 is 2.00 bits per heavy atom. The number of hydrogen-bond acceptors (Lipinski definition) is 2. The summed E-state index contributed by atoms with van der Waals surface area (Å²) in [5.41, 5.74) is 7.81. The van der Waals surface area contributed by atoms with Gasteiger partial charge in [0, 0.05) is 18.7 Å². The van der Waals surface area contributed by atoms with E-state index in [4.69, 9.17) is 5.73 Å². The predicted molar refractivity (Wildman–Crippen MR) is 69.5 cm³/mol. The minimum atomic E-state index is 0.0850. The first-order valence-electron chi connectivity index (χ1n) is 6.34. The molecule has 0 spiro atoms. The molecule has 1 aromatic rings. The highest BCUT2D eigenvalue weighted by molar-refractivity contribution is 5.77. The zero-order valence-corrected chi connectivity index (χ0v) is 10.4. The van der Waals surface area contributed by atoms with Gasteiger partial charge in [-0.3, -0.25) is 4.79 Å². The zero-order chi connectivity index (χ0) is 12.3. The van der Waals surface area contributed by atoms with Crippen LogP contribution in [-0.2, 0) is 4.79 Å². The lowest BCUT2D eigenvalue weighted by molar-refractivity contribution is -0.132. The molecule has 1 amide bonds. The Morgan fingerprint density at radius 3 is 2.76 bits per heavy atom. The molecule has 1 saturated heterocycles. The van der Waals surface area contributed by atoms with Gasteiger partial charge in [0.25, 0.3) is 0 Å². The number of amides is 1. The summed E-state index contributed by atoms with van der Waals surface area (Å²) in [6.45, 7) is 2.92. The minimum Gasteiger partial charge on any atom is -0.398 e. The monoisotopic (exact) mass is 232 g/mol. The quantitative estimate of drug-likeness (QED) is 0.797. The van der Waals surface area contributed by atoms with Gasteiger partial charge in [-0.15, -0.1) is 0 Å². The maximum atomic E-state index is 12.0. The standard InChI is InChI=1S/C14H20N2O/c1-11(12-7-4-5-8-13(12)15)16-10-6-2-3-9-14(16)17/h4-5,7-8,11H,2-3,6,9-10,15H2,1H3. The van der Waals surface area contributed by atoms with E-state index >= 15 is 0 Å². The molecule has 1 unspecified atom stereocenters. The van der Waals surface area contributed by atoms with Crippen LogP contribution in [0.15, 0.2) is 24.3 Å². The third kappa shape index (κ3) is 2.60. The van der Waals surface area contributed by atoms with Gasteiger partial charge >= 0.3 is 0 Å². The molecule has 92 valence electrons. The van der Waals surface area contributed by atoms with E-state index in [1.807, 2.05) is 29.2 Å². The van der Waals surface area contributed by atoms with E-state index in [-0.39, 0.29) is 11.9 Å². The summed E-state index contributed by atoms with van der Waals surface area (Å²) in [7, 11) is 0. The van der Waals surface area contributed by atoms with E-state index in [0.717, 1.165) is 37.1 Å². The first-order chi connectivity index (χ1) is 8.20. The van der Waals surface area contributed by atoms with Gasteiger partial charge in [0.2, 0.25) is 5.91 Å². The molecule has 0 bridgehead atoms. The second kappa shape index (κ2) is 5.21. The van der Waals surface area contributed by atoms with Gasteiger partial charge in [0.05, 0.1) is 6.04 Å². The minimum absolute atomic E-state index is 0.0850. The SMILES string of the molecule is CC(c1ccccc1N)N1CCCCCC1=O. The second-order valence-electron chi connectivity index (χ2n) is 4.70. The van der Waals surface area contributed by atoms with Crippen molar-refractivity contribution in [3.8, 4) is 0 Å². The summed E-state index contributed by atoms with van der Waals surface area (Å²) in [5.74, 6) is 0.262. The molecule has 1 fully saturated rings. The molecule has 1 aromatic carbocycles. The highest BCUT2D eigenvalue weighted by Crippen LogP contribution is 2.27. The van der Waals surface area contributed by atoms with E-state index in [9.17, 15) is 4.79 Å². The molecule has 0 radical (unpaired) electrons. The predicted octanol–water partition coefficient (Wildman–Crippen LogP) is 2.73. The van der Waals surface area contributed by atoms with Crippen LogP contribution in [0.25, 0.3) is 0 Å². The van der Waals surface area contributed by atoms with E-state index in [1.54, 1.807) is 0 Å². The number of likely N-dealkylation sites (tertiary alicyclic amines) is 1. The van der Waals surface area contributed by atoms with Gasteiger partial charge < -0.3 is 10.6 Å². The number of carbonyl (C=O) groups excluding carboxylic acids is 1. The van der Waals surface area contributed by atoms with E-state index < -0.39 is 0 Å². The van der Waals surface area contributed by atoms with Crippen LogP contribution >= 0.6 is 0 Å². The fraction of sp³-hybridized carbons (Fsp3) is 0.500. The number of nitrogens with two attached hydrogens (primary N) is 1. The normalized spacial score (nSPS) is 18.9. The number of rotatable bonds is 2. The van der Waals surface area contributed by atoms with Crippen molar-refractivity contribution in [3.05, 3.63) is 29.8 Å². The number of nitrogens with zero attached hydrogens (tertiary/aromatic N) is 1. The molecule has 1 aliphatic rings. The van der Waals surface area contributed by atoms with Gasteiger partial charge in [-0.1, -0.05) is 24.6 Å². The summed E-state index contributed by atoms with van der Waals surface area (Å²) >= 11 is 0. The van der Waals surface area contributed by atoms with Crippen LogP contribution in [0.2, 0.25) is 0 Å². The summed E-state index contributed by atoms with van der Waals surface area (Å²) in [5, 5.41) is 0.